The van der Waals surface area contributed by atoms with Crippen molar-refractivity contribution < 1.29 is 0 Å². The highest BCUT2D eigenvalue weighted by Gasteiger charge is 2.60. The van der Waals surface area contributed by atoms with Gasteiger partial charge in [0.1, 0.15) is 0 Å². The molecule has 2 saturated carbocycles. The second-order valence-electron chi connectivity index (χ2n) is 22.2. The average molecular weight is 909 g/mol. The standard InChI is InChI=1S/C63H68N2Si2/c1-66(2,3)63(67(4,5)6)57-43-59(64(49-27-15-9-16-28-49)51-39-35-47(36-40-51)45-23-11-7-12-24-45)53-31-19-21-33-55(53)61(57)62-56-34-22-20-32-54(56)60(44-58(62)63)65(50-29-17-10-18-30-50)52-41-37-48(38-42-52)46-25-13-8-14-26-46/h9-10,15-22,27-46H,7-8,11-14,23-26H2,1-6H3. The van der Waals surface area contributed by atoms with Crippen LogP contribution in [0.2, 0.25) is 39.3 Å². The SMILES string of the molecule is C[Si](C)(C)C1([Si](C)(C)C)c2cc(N(c3ccccc3)c3ccc(C4CCCCC4)cc3)c3ccccc3c2-c2c1cc(N(c1ccccc1)c1ccc(C3CCCCC3)cc1)c1ccccc21. The number of hydrogen-bond acceptors (Lipinski definition) is 2. The first-order valence-electron chi connectivity index (χ1n) is 25.6. The van der Waals surface area contributed by atoms with E-state index in [1.54, 1.807) is 11.1 Å². The second kappa shape index (κ2) is 17.4. The molecule has 0 aromatic heterocycles. The number of rotatable bonds is 10. The summed E-state index contributed by atoms with van der Waals surface area (Å²) in [7, 11) is -4.30. The summed E-state index contributed by atoms with van der Waals surface area (Å²) in [5.41, 5.74) is 16.3. The van der Waals surface area contributed by atoms with Crippen LogP contribution in [0.5, 0.6) is 0 Å². The minimum atomic E-state index is -2.15. The molecule has 0 radical (unpaired) electrons. The fourth-order valence-corrected chi connectivity index (χ4v) is 26.8. The first-order chi connectivity index (χ1) is 32.5. The largest absolute Gasteiger partial charge is 0.310 e. The molecule has 338 valence electrons. The van der Waals surface area contributed by atoms with E-state index in [1.165, 1.54) is 142 Å². The summed E-state index contributed by atoms with van der Waals surface area (Å²) in [6.45, 7) is 16.0. The molecule has 0 amide bonds. The number of anilines is 6. The summed E-state index contributed by atoms with van der Waals surface area (Å²) < 4.78 is -0.122. The Morgan fingerprint density at radius 1 is 0.358 bits per heavy atom. The molecule has 2 fully saturated rings. The van der Waals surface area contributed by atoms with Gasteiger partial charge >= 0.3 is 0 Å². The molecule has 67 heavy (non-hydrogen) atoms. The van der Waals surface area contributed by atoms with E-state index in [0.717, 1.165) is 0 Å². The van der Waals surface area contributed by atoms with Crippen LogP contribution in [0.1, 0.15) is 98.3 Å². The van der Waals surface area contributed by atoms with E-state index in [4.69, 9.17) is 0 Å². The van der Waals surface area contributed by atoms with Crippen molar-refractivity contribution in [1.29, 1.82) is 0 Å². The van der Waals surface area contributed by atoms with Gasteiger partial charge in [-0.05, 0) is 142 Å². The highest BCUT2D eigenvalue weighted by atomic mass is 28.4. The fraction of sp³-hybridized carbons (Fsp3) is 0.302. The van der Waals surface area contributed by atoms with E-state index < -0.39 is 16.1 Å². The van der Waals surface area contributed by atoms with Gasteiger partial charge in [-0.2, -0.15) is 0 Å². The smallest absolute Gasteiger partial charge is 0.0579 e. The van der Waals surface area contributed by atoms with E-state index in [1.807, 2.05) is 0 Å². The molecule has 0 aliphatic heterocycles. The minimum Gasteiger partial charge on any atom is -0.310 e. The fourth-order valence-electron chi connectivity index (χ4n) is 13.8. The summed E-state index contributed by atoms with van der Waals surface area (Å²) in [6.07, 6.45) is 13.3. The number of hydrogen-bond donors (Lipinski definition) is 0. The number of fused-ring (bicyclic) bond motifs is 7. The summed E-state index contributed by atoms with van der Waals surface area (Å²) in [6, 6.07) is 65.9. The van der Waals surface area contributed by atoms with Crippen LogP contribution in [0, 0.1) is 0 Å². The van der Waals surface area contributed by atoms with Crippen LogP contribution < -0.4 is 9.80 Å². The van der Waals surface area contributed by atoms with E-state index in [0.29, 0.717) is 11.8 Å². The number of nitrogens with zero attached hydrogens (tertiary/aromatic N) is 2. The lowest BCUT2D eigenvalue weighted by molar-refractivity contribution is 0.443. The first kappa shape index (κ1) is 43.9. The van der Waals surface area contributed by atoms with Crippen LogP contribution in [0.3, 0.4) is 0 Å². The van der Waals surface area contributed by atoms with E-state index in [-0.39, 0.29) is 4.66 Å². The van der Waals surface area contributed by atoms with Gasteiger partial charge in [0.25, 0.3) is 0 Å². The number of benzene rings is 8. The topological polar surface area (TPSA) is 6.48 Å². The Kier molecular flexibility index (Phi) is 11.4. The average Bonchev–Trinajstić information content (AvgIpc) is 3.68. The molecule has 11 rings (SSSR count). The maximum absolute atomic E-state index is 2.70. The second-order valence-corrected chi connectivity index (χ2v) is 33.2. The molecule has 3 aliphatic rings. The molecule has 0 unspecified atom stereocenters. The summed E-state index contributed by atoms with van der Waals surface area (Å²) in [5.74, 6) is 1.33. The molecular formula is C63H68N2Si2. The van der Waals surface area contributed by atoms with E-state index in [2.05, 4.69) is 219 Å². The molecule has 8 aromatic rings. The van der Waals surface area contributed by atoms with Crippen molar-refractivity contribution in [3.8, 4) is 11.1 Å². The monoisotopic (exact) mass is 908 g/mol. The van der Waals surface area contributed by atoms with E-state index >= 15 is 0 Å². The van der Waals surface area contributed by atoms with Gasteiger partial charge in [0.15, 0.2) is 0 Å². The third-order valence-electron chi connectivity index (χ3n) is 16.3. The highest BCUT2D eigenvalue weighted by molar-refractivity contribution is 7.00. The Hall–Kier alpha value is -5.69. The van der Waals surface area contributed by atoms with Crippen molar-refractivity contribution in [3.63, 3.8) is 0 Å². The molecule has 0 atom stereocenters. The highest BCUT2D eigenvalue weighted by Crippen LogP contribution is 2.64. The molecule has 0 N–H and O–H groups in total. The van der Waals surface area contributed by atoms with Crippen LogP contribution in [-0.4, -0.2) is 16.1 Å². The van der Waals surface area contributed by atoms with Crippen LogP contribution in [-0.2, 0) is 4.66 Å². The summed E-state index contributed by atoms with van der Waals surface area (Å²) in [5, 5.41) is 5.30. The molecule has 0 heterocycles. The molecule has 0 saturated heterocycles. The first-order valence-corrected chi connectivity index (χ1v) is 32.6. The lowest BCUT2D eigenvalue weighted by Gasteiger charge is -2.51. The Labute approximate surface area is 402 Å². The van der Waals surface area contributed by atoms with Crippen molar-refractivity contribution in [1.82, 2.24) is 0 Å². The molecule has 0 spiro atoms. The molecule has 4 heteroatoms. The lowest BCUT2D eigenvalue weighted by atomic mass is 9.84. The van der Waals surface area contributed by atoms with E-state index in [9.17, 15) is 0 Å². The van der Waals surface area contributed by atoms with Gasteiger partial charge in [-0.3, -0.25) is 0 Å². The Balaban J connectivity index is 1.19. The third kappa shape index (κ3) is 7.41. The van der Waals surface area contributed by atoms with Gasteiger partial charge in [0, 0.05) is 38.2 Å². The van der Waals surface area contributed by atoms with Crippen molar-refractivity contribution in [2.24, 2.45) is 0 Å². The molecule has 8 aromatic carbocycles. The van der Waals surface area contributed by atoms with Gasteiger partial charge in [-0.15, -0.1) is 0 Å². The predicted molar refractivity (Wildman–Crippen MR) is 295 cm³/mol. The van der Waals surface area contributed by atoms with Gasteiger partial charge in [-0.1, -0.05) is 187 Å². The van der Waals surface area contributed by atoms with Gasteiger partial charge in [-0.25, -0.2) is 0 Å². The molecule has 0 bridgehead atoms. The molecular weight excluding hydrogens is 841 g/mol. The van der Waals surface area contributed by atoms with Crippen LogP contribution in [0.4, 0.5) is 34.1 Å². The predicted octanol–water partition coefficient (Wildman–Crippen LogP) is 19.0. The zero-order chi connectivity index (χ0) is 45.9. The number of para-hydroxylation sites is 2. The van der Waals surface area contributed by atoms with Gasteiger partial charge < -0.3 is 9.80 Å². The van der Waals surface area contributed by atoms with Gasteiger partial charge in [0.2, 0.25) is 0 Å². The Bertz CT molecular complexity index is 2830. The van der Waals surface area contributed by atoms with Crippen molar-refractivity contribution in [3.05, 3.63) is 192 Å². The van der Waals surface area contributed by atoms with Crippen molar-refractivity contribution >= 4 is 71.8 Å². The normalized spacial score (nSPS) is 16.5. The Morgan fingerprint density at radius 3 is 1.01 bits per heavy atom. The van der Waals surface area contributed by atoms with Crippen molar-refractivity contribution in [2.45, 2.75) is 120 Å². The maximum Gasteiger partial charge on any atom is 0.0579 e. The van der Waals surface area contributed by atoms with Gasteiger partial charge in [0.05, 0.1) is 27.5 Å². The van der Waals surface area contributed by atoms with Crippen LogP contribution >= 0.6 is 0 Å². The van der Waals surface area contributed by atoms with Crippen LogP contribution in [0.15, 0.2) is 170 Å². The zero-order valence-corrected chi connectivity index (χ0v) is 42.8. The third-order valence-corrected chi connectivity index (χ3v) is 26.4. The lowest BCUT2D eigenvalue weighted by Crippen LogP contribution is -2.63. The molecule has 3 aliphatic carbocycles. The maximum atomic E-state index is 2.70. The van der Waals surface area contributed by atoms with Crippen LogP contribution in [0.25, 0.3) is 32.7 Å². The Morgan fingerprint density at radius 2 is 0.672 bits per heavy atom. The zero-order valence-electron chi connectivity index (χ0n) is 40.8. The summed E-state index contributed by atoms with van der Waals surface area (Å²) in [4.78, 5) is 5.15. The summed E-state index contributed by atoms with van der Waals surface area (Å²) >= 11 is 0. The molecule has 2 nitrogen and oxygen atoms in total. The van der Waals surface area contributed by atoms with Crippen molar-refractivity contribution in [2.75, 3.05) is 9.80 Å². The quantitative estimate of drug-likeness (QED) is 0.126. The minimum absolute atomic E-state index is 0.122.